The lowest BCUT2D eigenvalue weighted by Gasteiger charge is -1.79. The zero-order valence-electron chi connectivity index (χ0n) is 6.75. The van der Waals surface area contributed by atoms with Crippen LogP contribution in [0.3, 0.4) is 0 Å². The Labute approximate surface area is 66.4 Å². The van der Waals surface area contributed by atoms with Crippen molar-refractivity contribution in [2.45, 2.75) is 19.8 Å². The number of carbonyl (C=O) groups is 2. The van der Waals surface area contributed by atoms with E-state index in [9.17, 15) is 0 Å². The summed E-state index contributed by atoms with van der Waals surface area (Å²) in [5, 5.41) is 8.07. The number of unbranched alkanes of at least 4 members (excludes halogenated alkanes) is 1. The third kappa shape index (κ3) is 523. The Morgan fingerprint density at radius 2 is 1.73 bits per heavy atom. The highest BCUT2D eigenvalue weighted by atomic mass is 16.2. The smallest absolute Gasteiger partial charge is 0.309 e. The quantitative estimate of drug-likeness (QED) is 0.517. The number of carbonyl (C=O) groups excluding carboxylic acids is 2. The molecule has 5 nitrogen and oxygen atoms in total. The lowest BCUT2D eigenvalue weighted by Crippen LogP contribution is -2.18. The van der Waals surface area contributed by atoms with Gasteiger partial charge in [-0.2, -0.15) is 0 Å². The SMILES string of the molecule is C=O.CCCCO.NC(N)=O. The summed E-state index contributed by atoms with van der Waals surface area (Å²) >= 11 is 0. The van der Waals surface area contributed by atoms with Crippen LogP contribution in [0.25, 0.3) is 0 Å². The van der Waals surface area contributed by atoms with Gasteiger partial charge in [-0.3, -0.25) is 0 Å². The minimum atomic E-state index is -0.833. The number of hydrogen-bond donors (Lipinski definition) is 3. The van der Waals surface area contributed by atoms with Crippen molar-refractivity contribution in [3.05, 3.63) is 0 Å². The average Bonchev–Trinajstić information content (AvgIpc) is 1.93. The molecule has 5 heteroatoms. The molecule has 0 bridgehead atoms. The van der Waals surface area contributed by atoms with Gasteiger partial charge in [0.05, 0.1) is 0 Å². The number of urea groups is 1. The first kappa shape index (κ1) is 16.5. The first-order valence-corrected chi connectivity index (χ1v) is 3.09. The Morgan fingerprint density at radius 3 is 1.73 bits per heavy atom. The summed E-state index contributed by atoms with van der Waals surface area (Å²) in [7, 11) is 0. The van der Waals surface area contributed by atoms with Crippen molar-refractivity contribution >= 4 is 12.8 Å². The average molecular weight is 164 g/mol. The molecule has 0 spiro atoms. The van der Waals surface area contributed by atoms with Crippen LogP contribution in [0.1, 0.15) is 19.8 Å². The van der Waals surface area contributed by atoms with E-state index in [1.54, 1.807) is 0 Å². The third-order valence-corrected chi connectivity index (χ3v) is 0.512. The lowest BCUT2D eigenvalue weighted by molar-refractivity contribution is -0.0979. The molecule has 0 aliphatic heterocycles. The first-order valence-electron chi connectivity index (χ1n) is 3.09. The zero-order valence-corrected chi connectivity index (χ0v) is 6.75. The number of primary amides is 2. The van der Waals surface area contributed by atoms with Gasteiger partial charge in [0.2, 0.25) is 0 Å². The van der Waals surface area contributed by atoms with Crippen LogP contribution in [0.5, 0.6) is 0 Å². The fourth-order valence-corrected chi connectivity index (χ4v) is 0.158. The van der Waals surface area contributed by atoms with E-state index in [1.165, 1.54) is 0 Å². The predicted molar refractivity (Wildman–Crippen MR) is 42.9 cm³/mol. The molecule has 0 aliphatic carbocycles. The molecule has 0 aromatic carbocycles. The molecule has 0 aromatic heterocycles. The van der Waals surface area contributed by atoms with Gasteiger partial charge in [0.15, 0.2) is 0 Å². The van der Waals surface area contributed by atoms with Crippen LogP contribution in [0.15, 0.2) is 0 Å². The van der Waals surface area contributed by atoms with E-state index in [4.69, 9.17) is 14.7 Å². The van der Waals surface area contributed by atoms with Gasteiger partial charge < -0.3 is 21.4 Å². The molecule has 5 N–H and O–H groups in total. The van der Waals surface area contributed by atoms with Crippen molar-refractivity contribution < 1.29 is 14.7 Å². The molecule has 0 fully saturated rings. The maximum absolute atomic E-state index is 9.00. The van der Waals surface area contributed by atoms with Crippen molar-refractivity contribution in [3.63, 3.8) is 0 Å². The van der Waals surface area contributed by atoms with Crippen LogP contribution in [0.4, 0.5) is 4.79 Å². The van der Waals surface area contributed by atoms with Gasteiger partial charge in [0.1, 0.15) is 6.79 Å². The molecule has 0 unspecified atom stereocenters. The highest BCUT2D eigenvalue weighted by Crippen LogP contribution is 1.78. The van der Waals surface area contributed by atoms with Crippen molar-refractivity contribution in [2.24, 2.45) is 11.5 Å². The second-order valence-electron chi connectivity index (χ2n) is 1.48. The van der Waals surface area contributed by atoms with Gasteiger partial charge in [-0.05, 0) is 6.42 Å². The van der Waals surface area contributed by atoms with E-state index in [0.717, 1.165) is 12.8 Å². The molecule has 68 valence electrons. The monoisotopic (exact) mass is 164 g/mol. The molecule has 0 aromatic rings. The van der Waals surface area contributed by atoms with E-state index >= 15 is 0 Å². The van der Waals surface area contributed by atoms with Crippen LogP contribution in [0.2, 0.25) is 0 Å². The summed E-state index contributed by atoms with van der Waals surface area (Å²) < 4.78 is 0. The van der Waals surface area contributed by atoms with Gasteiger partial charge in [0.25, 0.3) is 0 Å². The summed E-state index contributed by atoms with van der Waals surface area (Å²) in [6, 6.07) is -0.833. The van der Waals surface area contributed by atoms with Crippen LogP contribution in [-0.2, 0) is 4.79 Å². The Balaban J connectivity index is -0.0000000965. The van der Waals surface area contributed by atoms with Crippen molar-refractivity contribution in [2.75, 3.05) is 6.61 Å². The second kappa shape index (κ2) is 23.1. The molecule has 0 saturated heterocycles. The lowest BCUT2D eigenvalue weighted by atomic mass is 10.4. The fraction of sp³-hybridized carbons (Fsp3) is 0.667. The van der Waals surface area contributed by atoms with Gasteiger partial charge in [0, 0.05) is 6.61 Å². The maximum atomic E-state index is 9.00. The van der Waals surface area contributed by atoms with Crippen LogP contribution < -0.4 is 11.5 Å². The number of aliphatic hydroxyl groups is 1. The summed E-state index contributed by atoms with van der Waals surface area (Å²) in [5.41, 5.74) is 8.50. The number of hydrogen-bond acceptors (Lipinski definition) is 3. The molecule has 2 amide bonds. The number of rotatable bonds is 2. The third-order valence-electron chi connectivity index (χ3n) is 0.512. The van der Waals surface area contributed by atoms with E-state index in [1.807, 2.05) is 6.79 Å². The maximum Gasteiger partial charge on any atom is 0.309 e. The molecule has 11 heavy (non-hydrogen) atoms. The van der Waals surface area contributed by atoms with E-state index in [0.29, 0.717) is 6.61 Å². The highest BCUT2D eigenvalue weighted by molar-refractivity contribution is 5.69. The van der Waals surface area contributed by atoms with E-state index < -0.39 is 6.03 Å². The van der Waals surface area contributed by atoms with Crippen LogP contribution >= 0.6 is 0 Å². The van der Waals surface area contributed by atoms with Gasteiger partial charge in [-0.1, -0.05) is 13.3 Å². The largest absolute Gasteiger partial charge is 0.396 e. The molecule has 0 aliphatic rings. The second-order valence-corrected chi connectivity index (χ2v) is 1.48. The number of nitrogens with two attached hydrogens (primary N) is 2. The van der Waals surface area contributed by atoms with Crippen molar-refractivity contribution in [3.8, 4) is 0 Å². The summed E-state index contributed by atoms with van der Waals surface area (Å²) in [4.78, 5) is 17.0. The molecular weight excluding hydrogens is 148 g/mol. The van der Waals surface area contributed by atoms with E-state index in [2.05, 4.69) is 18.4 Å². The van der Waals surface area contributed by atoms with Gasteiger partial charge in [-0.15, -0.1) is 0 Å². The number of amides is 2. The van der Waals surface area contributed by atoms with Crippen LogP contribution in [-0.4, -0.2) is 24.5 Å². The molecule has 0 radical (unpaired) electrons. The zero-order chi connectivity index (χ0) is 9.70. The first-order chi connectivity index (χ1) is 5.15. The summed E-state index contributed by atoms with van der Waals surface area (Å²) in [6.45, 7) is 4.40. The van der Waals surface area contributed by atoms with E-state index in [-0.39, 0.29) is 0 Å². The molecule has 0 saturated carbocycles. The van der Waals surface area contributed by atoms with Crippen molar-refractivity contribution in [1.29, 1.82) is 0 Å². The topological polar surface area (TPSA) is 106 Å². The minimum Gasteiger partial charge on any atom is -0.396 e. The van der Waals surface area contributed by atoms with Gasteiger partial charge >= 0.3 is 6.03 Å². The predicted octanol–water partition coefficient (Wildman–Crippen LogP) is -0.382. The fourth-order valence-electron chi connectivity index (χ4n) is 0.158. The Kier molecular flexibility index (Phi) is 34.6. The minimum absolute atomic E-state index is 0.344. The Bertz CT molecular complexity index is 72.2. The molecular formula is C6H16N2O3. The molecule has 0 rings (SSSR count). The standard InChI is InChI=1S/C4H10O.CH4N2O.CH2O/c1-2-3-4-5;2-1(3)4;1-2/h5H,2-4H2,1H3;(H4,2,3,4);1H2. The van der Waals surface area contributed by atoms with Gasteiger partial charge in [-0.25, -0.2) is 4.79 Å². The normalized spacial score (nSPS) is 6.36. The number of aliphatic hydroxyl groups excluding tert-OH is 1. The molecule has 0 atom stereocenters. The molecule has 0 heterocycles. The Hall–Kier alpha value is -1.10. The summed E-state index contributed by atoms with van der Waals surface area (Å²) in [5.74, 6) is 0. The summed E-state index contributed by atoms with van der Waals surface area (Å²) in [6.07, 6.45) is 2.04. The van der Waals surface area contributed by atoms with Crippen molar-refractivity contribution in [1.82, 2.24) is 0 Å². The Morgan fingerprint density at radius 1 is 1.45 bits per heavy atom. The van der Waals surface area contributed by atoms with Crippen LogP contribution in [0, 0.1) is 0 Å². The highest BCUT2D eigenvalue weighted by Gasteiger charge is 1.69.